The van der Waals surface area contributed by atoms with Crippen molar-refractivity contribution in [3.8, 4) is 17.2 Å². The Morgan fingerprint density at radius 2 is 1.50 bits per heavy atom. The minimum absolute atomic E-state index is 0.118. The minimum atomic E-state index is -0.640. The van der Waals surface area contributed by atoms with E-state index in [4.69, 9.17) is 55.9 Å². The molecular weight excluding hydrogens is 518 g/mol. The zero-order valence-electron chi connectivity index (χ0n) is 18.3. The highest BCUT2D eigenvalue weighted by molar-refractivity contribution is 6.35. The predicted molar refractivity (Wildman–Crippen MR) is 139 cm³/mol. The molecule has 0 aromatic heterocycles. The topological polar surface area (TPSA) is 46.4 Å². The first kappa shape index (κ1) is 25.2. The summed E-state index contributed by atoms with van der Waals surface area (Å²) < 4.78 is 11.8. The van der Waals surface area contributed by atoms with E-state index in [0.717, 1.165) is 36.9 Å². The molecule has 1 atom stereocenters. The van der Waals surface area contributed by atoms with Gasteiger partial charge in [0.15, 0.2) is 11.5 Å². The quantitative estimate of drug-likeness (QED) is 0.409. The number of nitrogens with zero attached hydrogens (tertiary/aromatic N) is 1. The van der Waals surface area contributed by atoms with Gasteiger partial charge >= 0.3 is 0 Å². The summed E-state index contributed by atoms with van der Waals surface area (Å²) in [4.78, 5) is 3.64. The van der Waals surface area contributed by atoms with E-state index in [-0.39, 0.29) is 6.61 Å². The fourth-order valence-corrected chi connectivity index (χ4v) is 4.69. The van der Waals surface area contributed by atoms with Gasteiger partial charge in [-0.15, -0.1) is 0 Å². The van der Waals surface area contributed by atoms with Crippen molar-refractivity contribution in [3.63, 3.8) is 0 Å². The third-order valence-electron chi connectivity index (χ3n) is 5.62. The number of piperazine rings is 1. The second-order valence-electron chi connectivity index (χ2n) is 8.15. The average molecular weight is 543 g/mol. The molecule has 0 unspecified atom stereocenters. The van der Waals surface area contributed by atoms with Crippen molar-refractivity contribution >= 4 is 52.1 Å². The van der Waals surface area contributed by atoms with Gasteiger partial charge in [0.05, 0.1) is 31.2 Å². The van der Waals surface area contributed by atoms with E-state index >= 15 is 0 Å². The molecule has 1 fully saturated rings. The van der Waals surface area contributed by atoms with Gasteiger partial charge in [-0.25, -0.2) is 0 Å². The van der Waals surface area contributed by atoms with Crippen molar-refractivity contribution in [2.45, 2.75) is 6.10 Å². The van der Waals surface area contributed by atoms with Crippen LogP contribution in [0.3, 0.4) is 0 Å². The number of aliphatic hydroxyl groups is 1. The van der Waals surface area contributed by atoms with E-state index in [0.29, 0.717) is 38.9 Å². The number of hydrogen-bond acceptors (Lipinski definition) is 4. The Kier molecular flexibility index (Phi) is 8.70. The van der Waals surface area contributed by atoms with Crippen LogP contribution < -0.4 is 19.3 Å². The maximum absolute atomic E-state index is 10.6. The first-order chi connectivity index (χ1) is 16.4. The number of aliphatic hydroxyl groups excluding tert-OH is 1. The zero-order valence-corrected chi connectivity index (χ0v) is 21.3. The van der Waals surface area contributed by atoms with Crippen LogP contribution in [-0.4, -0.2) is 50.5 Å². The molecular formula is C25H25Cl4N2O3+. The molecule has 0 bridgehead atoms. The average Bonchev–Trinajstić information content (AvgIpc) is 2.81. The van der Waals surface area contributed by atoms with Gasteiger partial charge in [0.1, 0.15) is 25.0 Å². The van der Waals surface area contributed by atoms with E-state index < -0.39 is 6.10 Å². The molecule has 1 saturated heterocycles. The summed E-state index contributed by atoms with van der Waals surface area (Å²) in [5.74, 6) is 1.32. The lowest BCUT2D eigenvalue weighted by atomic mass is 10.2. The maximum Gasteiger partial charge on any atom is 0.169 e. The van der Waals surface area contributed by atoms with Crippen molar-refractivity contribution in [2.24, 2.45) is 0 Å². The van der Waals surface area contributed by atoms with Gasteiger partial charge in [0.25, 0.3) is 0 Å². The Morgan fingerprint density at radius 3 is 2.21 bits per heavy atom. The van der Waals surface area contributed by atoms with Crippen molar-refractivity contribution in [1.29, 1.82) is 0 Å². The molecule has 0 aliphatic carbocycles. The van der Waals surface area contributed by atoms with Crippen LogP contribution in [0.25, 0.3) is 0 Å². The third kappa shape index (κ3) is 6.85. The van der Waals surface area contributed by atoms with Crippen LogP contribution in [-0.2, 0) is 0 Å². The van der Waals surface area contributed by atoms with Crippen molar-refractivity contribution in [2.75, 3.05) is 44.2 Å². The van der Waals surface area contributed by atoms with E-state index in [1.165, 1.54) is 4.90 Å². The molecule has 0 saturated carbocycles. The summed E-state index contributed by atoms with van der Waals surface area (Å²) in [5.41, 5.74) is 1.13. The van der Waals surface area contributed by atoms with E-state index in [2.05, 4.69) is 11.0 Å². The van der Waals surface area contributed by atoms with E-state index in [1.807, 2.05) is 18.2 Å². The molecule has 9 heteroatoms. The Balaban J connectivity index is 1.31. The largest absolute Gasteiger partial charge is 0.487 e. The molecule has 4 rings (SSSR count). The highest BCUT2D eigenvalue weighted by Gasteiger charge is 2.23. The number of anilines is 1. The van der Waals surface area contributed by atoms with Crippen molar-refractivity contribution < 1.29 is 19.5 Å². The van der Waals surface area contributed by atoms with Gasteiger partial charge in [0.2, 0.25) is 0 Å². The maximum atomic E-state index is 10.6. The number of nitrogens with one attached hydrogen (secondary N) is 1. The minimum Gasteiger partial charge on any atom is -0.487 e. The molecule has 0 radical (unpaired) electrons. The van der Waals surface area contributed by atoms with Gasteiger partial charge < -0.3 is 24.4 Å². The molecule has 180 valence electrons. The number of ether oxygens (including phenoxy) is 2. The molecule has 1 heterocycles. The lowest BCUT2D eigenvalue weighted by molar-refractivity contribution is -0.903. The van der Waals surface area contributed by atoms with Crippen LogP contribution in [0.15, 0.2) is 60.7 Å². The Bertz CT molecular complexity index is 1120. The lowest BCUT2D eigenvalue weighted by Crippen LogP contribution is -3.16. The van der Waals surface area contributed by atoms with Gasteiger partial charge in [0, 0.05) is 26.8 Å². The van der Waals surface area contributed by atoms with Crippen LogP contribution in [0.2, 0.25) is 20.1 Å². The monoisotopic (exact) mass is 541 g/mol. The Labute approximate surface area is 219 Å². The SMILES string of the molecule is O[C@H](COc1cc(Cl)ccc1Oc1ccc(Cl)cc1Cl)C[NH+]1CCN(c2cccc(Cl)c2)CC1. The molecule has 1 aliphatic heterocycles. The first-order valence-electron chi connectivity index (χ1n) is 10.9. The number of rotatable bonds is 8. The predicted octanol–water partition coefficient (Wildman–Crippen LogP) is 5.24. The van der Waals surface area contributed by atoms with Gasteiger partial charge in [-0.05, 0) is 48.5 Å². The fourth-order valence-electron chi connectivity index (χ4n) is 3.89. The summed E-state index contributed by atoms with van der Waals surface area (Å²) in [6.07, 6.45) is -0.640. The van der Waals surface area contributed by atoms with Crippen molar-refractivity contribution in [1.82, 2.24) is 0 Å². The molecule has 5 nitrogen and oxygen atoms in total. The number of quaternary nitrogens is 1. The molecule has 1 aliphatic rings. The summed E-state index contributed by atoms with van der Waals surface area (Å²) in [5, 5.41) is 12.8. The third-order valence-corrected chi connectivity index (χ3v) is 6.62. The highest BCUT2D eigenvalue weighted by atomic mass is 35.5. The van der Waals surface area contributed by atoms with Crippen LogP contribution in [0.4, 0.5) is 5.69 Å². The second-order valence-corrected chi connectivity index (χ2v) is 9.87. The van der Waals surface area contributed by atoms with E-state index in [1.54, 1.807) is 36.4 Å². The summed E-state index contributed by atoms with van der Waals surface area (Å²) in [7, 11) is 0. The normalized spacial score (nSPS) is 15.3. The summed E-state index contributed by atoms with van der Waals surface area (Å²) in [6.45, 7) is 4.35. The molecule has 34 heavy (non-hydrogen) atoms. The highest BCUT2D eigenvalue weighted by Crippen LogP contribution is 2.37. The molecule has 2 N–H and O–H groups in total. The van der Waals surface area contributed by atoms with Crippen LogP contribution in [0, 0.1) is 0 Å². The fraction of sp³-hybridized carbons (Fsp3) is 0.280. The standard InChI is InChI=1S/C25H24Cl4N2O3/c26-17-2-1-3-20(12-17)31-10-8-30(9-11-31)15-21(32)16-33-25-14-19(28)5-7-24(25)34-23-6-4-18(27)13-22(23)29/h1-7,12-14,21,32H,8-11,15-16H2/p+1/t21-/m0/s1. The molecule has 3 aromatic rings. The first-order valence-corrected chi connectivity index (χ1v) is 12.5. The molecule has 3 aromatic carbocycles. The van der Waals surface area contributed by atoms with E-state index in [9.17, 15) is 5.11 Å². The van der Waals surface area contributed by atoms with Gasteiger partial charge in [-0.1, -0.05) is 52.5 Å². The number of hydrogen-bond donors (Lipinski definition) is 2. The summed E-state index contributed by atoms with van der Waals surface area (Å²) >= 11 is 24.5. The van der Waals surface area contributed by atoms with Crippen molar-refractivity contribution in [3.05, 3.63) is 80.8 Å². The molecule has 0 amide bonds. The van der Waals surface area contributed by atoms with Gasteiger partial charge in [-0.2, -0.15) is 0 Å². The summed E-state index contributed by atoms with van der Waals surface area (Å²) in [6, 6.07) is 17.9. The number of halogens is 4. The van der Waals surface area contributed by atoms with Gasteiger partial charge in [-0.3, -0.25) is 0 Å². The Hall–Kier alpha value is -1.86. The van der Waals surface area contributed by atoms with Crippen LogP contribution in [0.1, 0.15) is 0 Å². The smallest absolute Gasteiger partial charge is 0.169 e. The van der Waals surface area contributed by atoms with Crippen LogP contribution in [0.5, 0.6) is 17.2 Å². The zero-order chi connectivity index (χ0) is 24.1. The lowest BCUT2D eigenvalue weighted by Gasteiger charge is -2.34. The second kappa shape index (κ2) is 11.7. The van der Waals surface area contributed by atoms with Crippen LogP contribution >= 0.6 is 46.4 Å². The molecule has 0 spiro atoms. The Morgan fingerprint density at radius 1 is 0.824 bits per heavy atom. The number of benzene rings is 3.